The largest absolute Gasteiger partial charge is 0.383 e. The van der Waals surface area contributed by atoms with Gasteiger partial charge in [-0.2, -0.15) is 5.10 Å². The molecule has 0 spiro atoms. The minimum atomic E-state index is -0.234. The molecule has 1 N–H and O–H groups in total. The van der Waals surface area contributed by atoms with E-state index >= 15 is 0 Å². The number of nitrogens with one attached hydrogen (secondary N) is 1. The lowest BCUT2D eigenvalue weighted by Gasteiger charge is -2.07. The van der Waals surface area contributed by atoms with E-state index in [2.05, 4.69) is 17.3 Å². The summed E-state index contributed by atoms with van der Waals surface area (Å²) in [5.74, 6) is -0.234. The monoisotopic (exact) mass is 323 g/mol. The quantitative estimate of drug-likeness (QED) is 0.599. The first kappa shape index (κ1) is 19.4. The number of hydrogen-bond acceptors (Lipinski definition) is 4. The Morgan fingerprint density at radius 1 is 1.17 bits per heavy atom. The van der Waals surface area contributed by atoms with E-state index in [-0.39, 0.29) is 17.2 Å². The maximum atomic E-state index is 12.0. The van der Waals surface area contributed by atoms with Crippen molar-refractivity contribution >= 4 is 5.91 Å². The molecule has 1 heterocycles. The third-order valence-electron chi connectivity index (χ3n) is 3.67. The molecular formula is C17H29N3O3. The van der Waals surface area contributed by atoms with Crippen molar-refractivity contribution in [1.29, 1.82) is 0 Å². The van der Waals surface area contributed by atoms with Crippen molar-refractivity contribution in [1.82, 2.24) is 15.1 Å². The van der Waals surface area contributed by atoms with E-state index < -0.39 is 0 Å². The van der Waals surface area contributed by atoms with Crippen LogP contribution in [0.2, 0.25) is 0 Å². The molecule has 0 bridgehead atoms. The number of ether oxygens (including phenoxy) is 1. The minimum Gasteiger partial charge on any atom is -0.383 e. The van der Waals surface area contributed by atoms with Crippen LogP contribution >= 0.6 is 0 Å². The van der Waals surface area contributed by atoms with Crippen LogP contribution in [0.3, 0.4) is 0 Å². The molecule has 1 aromatic heterocycles. The van der Waals surface area contributed by atoms with E-state index in [9.17, 15) is 9.59 Å². The highest BCUT2D eigenvalue weighted by Gasteiger charge is 2.08. The molecule has 0 saturated carbocycles. The molecule has 0 fully saturated rings. The van der Waals surface area contributed by atoms with Gasteiger partial charge in [0.2, 0.25) is 0 Å². The number of amides is 1. The summed E-state index contributed by atoms with van der Waals surface area (Å²) in [6.07, 6.45) is 8.46. The molecule has 23 heavy (non-hydrogen) atoms. The van der Waals surface area contributed by atoms with Gasteiger partial charge < -0.3 is 10.1 Å². The summed E-state index contributed by atoms with van der Waals surface area (Å²) in [5, 5.41) is 6.93. The van der Waals surface area contributed by atoms with Crippen LogP contribution < -0.4 is 10.9 Å². The topological polar surface area (TPSA) is 73.2 Å². The SMILES string of the molecule is CCCCCCCCCNC(=O)c1ccc(=O)n(CCOC)n1. The Morgan fingerprint density at radius 3 is 2.57 bits per heavy atom. The maximum Gasteiger partial charge on any atom is 0.271 e. The highest BCUT2D eigenvalue weighted by molar-refractivity contribution is 5.91. The third kappa shape index (κ3) is 7.93. The van der Waals surface area contributed by atoms with Crippen LogP contribution in [0.5, 0.6) is 0 Å². The molecule has 1 aromatic rings. The lowest BCUT2D eigenvalue weighted by Crippen LogP contribution is -2.30. The predicted octanol–water partition coefficient (Wildman–Crippen LogP) is 2.37. The Hall–Kier alpha value is -1.69. The number of carbonyl (C=O) groups excluding carboxylic acids is 1. The van der Waals surface area contributed by atoms with Crippen molar-refractivity contribution in [2.24, 2.45) is 0 Å². The molecule has 0 aliphatic carbocycles. The zero-order chi connectivity index (χ0) is 16.9. The first-order chi connectivity index (χ1) is 11.2. The lowest BCUT2D eigenvalue weighted by molar-refractivity contribution is 0.0944. The molecule has 0 radical (unpaired) electrons. The molecule has 6 heteroatoms. The average molecular weight is 323 g/mol. The van der Waals surface area contributed by atoms with Crippen molar-refractivity contribution in [2.75, 3.05) is 20.3 Å². The van der Waals surface area contributed by atoms with Gasteiger partial charge in [-0.3, -0.25) is 9.59 Å². The number of unbranched alkanes of at least 4 members (excludes halogenated alkanes) is 6. The maximum absolute atomic E-state index is 12.0. The van der Waals surface area contributed by atoms with Crippen LogP contribution in [0.1, 0.15) is 62.4 Å². The summed E-state index contributed by atoms with van der Waals surface area (Å²) in [7, 11) is 1.56. The molecule has 0 unspecified atom stereocenters. The van der Waals surface area contributed by atoms with Gasteiger partial charge in [0.15, 0.2) is 0 Å². The molecule has 1 amide bonds. The second-order valence-corrected chi connectivity index (χ2v) is 5.65. The smallest absolute Gasteiger partial charge is 0.271 e. The Morgan fingerprint density at radius 2 is 1.87 bits per heavy atom. The Kier molecular flexibility index (Phi) is 9.95. The van der Waals surface area contributed by atoms with Crippen LogP contribution in [0.25, 0.3) is 0 Å². The van der Waals surface area contributed by atoms with Gasteiger partial charge in [0.05, 0.1) is 13.2 Å². The van der Waals surface area contributed by atoms with Crippen molar-refractivity contribution in [2.45, 2.75) is 58.4 Å². The van der Waals surface area contributed by atoms with Crippen LogP contribution in [0, 0.1) is 0 Å². The van der Waals surface area contributed by atoms with Crippen LogP contribution in [-0.2, 0) is 11.3 Å². The van der Waals surface area contributed by atoms with Gasteiger partial charge in [-0.15, -0.1) is 0 Å². The van der Waals surface area contributed by atoms with Gasteiger partial charge >= 0.3 is 0 Å². The van der Waals surface area contributed by atoms with E-state index in [0.29, 0.717) is 19.7 Å². The third-order valence-corrected chi connectivity index (χ3v) is 3.67. The highest BCUT2D eigenvalue weighted by Crippen LogP contribution is 2.06. The first-order valence-corrected chi connectivity index (χ1v) is 8.54. The van der Waals surface area contributed by atoms with Crippen LogP contribution in [0.15, 0.2) is 16.9 Å². The molecule has 0 aromatic carbocycles. The van der Waals surface area contributed by atoms with Crippen molar-refractivity contribution < 1.29 is 9.53 Å². The van der Waals surface area contributed by atoms with Gasteiger partial charge in [0.25, 0.3) is 11.5 Å². The minimum absolute atomic E-state index is 0.231. The van der Waals surface area contributed by atoms with Crippen LogP contribution in [-0.4, -0.2) is 35.9 Å². The molecular weight excluding hydrogens is 294 g/mol. The van der Waals surface area contributed by atoms with Gasteiger partial charge in [-0.05, 0) is 12.5 Å². The molecule has 1 rings (SSSR count). The van der Waals surface area contributed by atoms with Gasteiger partial charge in [0, 0.05) is 19.7 Å². The standard InChI is InChI=1S/C17H29N3O3/c1-3-4-5-6-7-8-9-12-18-17(22)15-10-11-16(21)20(19-15)13-14-23-2/h10-11H,3-9,12-14H2,1-2H3,(H,18,22). The summed E-state index contributed by atoms with van der Waals surface area (Å²) in [6, 6.07) is 2.83. The molecule has 0 atom stereocenters. The summed E-state index contributed by atoms with van der Waals surface area (Å²) >= 11 is 0. The second kappa shape index (κ2) is 11.8. The van der Waals surface area contributed by atoms with E-state index in [1.807, 2.05) is 0 Å². The molecule has 0 saturated heterocycles. The predicted molar refractivity (Wildman–Crippen MR) is 90.7 cm³/mol. The summed E-state index contributed by atoms with van der Waals surface area (Å²) < 4.78 is 6.18. The fourth-order valence-corrected chi connectivity index (χ4v) is 2.28. The highest BCUT2D eigenvalue weighted by atomic mass is 16.5. The fourth-order valence-electron chi connectivity index (χ4n) is 2.28. The fraction of sp³-hybridized carbons (Fsp3) is 0.706. The summed E-state index contributed by atoms with van der Waals surface area (Å²) in [4.78, 5) is 23.7. The Labute approximate surface area is 138 Å². The zero-order valence-corrected chi connectivity index (χ0v) is 14.3. The molecule has 0 aliphatic rings. The van der Waals surface area contributed by atoms with E-state index in [1.54, 1.807) is 7.11 Å². The number of carbonyl (C=O) groups is 1. The number of methoxy groups -OCH3 is 1. The van der Waals surface area contributed by atoms with E-state index in [4.69, 9.17) is 4.74 Å². The van der Waals surface area contributed by atoms with E-state index in [0.717, 1.165) is 12.8 Å². The van der Waals surface area contributed by atoms with Gasteiger partial charge in [-0.1, -0.05) is 45.4 Å². The molecule has 6 nitrogen and oxygen atoms in total. The van der Waals surface area contributed by atoms with Crippen LogP contribution in [0.4, 0.5) is 0 Å². The first-order valence-electron chi connectivity index (χ1n) is 8.54. The van der Waals surface area contributed by atoms with Crippen molar-refractivity contribution in [3.05, 3.63) is 28.2 Å². The van der Waals surface area contributed by atoms with E-state index in [1.165, 1.54) is 48.9 Å². The summed E-state index contributed by atoms with van der Waals surface area (Å²) in [5.41, 5.74) is 0.0364. The summed E-state index contributed by atoms with van der Waals surface area (Å²) in [6.45, 7) is 3.58. The number of aromatic nitrogens is 2. The van der Waals surface area contributed by atoms with Crippen molar-refractivity contribution in [3.63, 3.8) is 0 Å². The van der Waals surface area contributed by atoms with Gasteiger partial charge in [0.1, 0.15) is 5.69 Å². The normalized spacial score (nSPS) is 10.7. The Bertz CT molecular complexity index is 514. The van der Waals surface area contributed by atoms with Crippen molar-refractivity contribution in [3.8, 4) is 0 Å². The second-order valence-electron chi connectivity index (χ2n) is 5.65. The van der Waals surface area contributed by atoms with Gasteiger partial charge in [-0.25, -0.2) is 4.68 Å². The Balaban J connectivity index is 2.30. The molecule has 130 valence electrons. The number of nitrogens with zero attached hydrogens (tertiary/aromatic N) is 2. The number of hydrogen-bond donors (Lipinski definition) is 1. The average Bonchev–Trinajstić information content (AvgIpc) is 2.56. The number of rotatable bonds is 12. The zero-order valence-electron chi connectivity index (χ0n) is 14.3. The molecule has 0 aliphatic heterocycles. The lowest BCUT2D eigenvalue weighted by atomic mass is 10.1.